The van der Waals surface area contributed by atoms with Crippen molar-refractivity contribution in [3.63, 3.8) is 0 Å². The molecule has 1 aliphatic rings. The molecule has 1 atom stereocenters. The van der Waals surface area contributed by atoms with E-state index in [1.54, 1.807) is 6.20 Å². The number of nitrogens with zero attached hydrogens (tertiary/aromatic N) is 2. The molecule has 3 rings (SSSR count). The van der Waals surface area contributed by atoms with Crippen LogP contribution < -0.4 is 10.1 Å². The zero-order valence-corrected chi connectivity index (χ0v) is 16.2. The second-order valence-corrected chi connectivity index (χ2v) is 6.16. The fourth-order valence-electron chi connectivity index (χ4n) is 3.03. The van der Waals surface area contributed by atoms with Gasteiger partial charge in [-0.05, 0) is 50.2 Å². The van der Waals surface area contributed by atoms with Crippen molar-refractivity contribution in [1.82, 2.24) is 15.2 Å². The molecule has 1 unspecified atom stereocenters. The highest BCUT2D eigenvalue weighted by Crippen LogP contribution is 2.17. The third-order valence-electron chi connectivity index (χ3n) is 4.37. The molecule has 1 aliphatic heterocycles. The highest BCUT2D eigenvalue weighted by molar-refractivity contribution is 5.85. The molecule has 0 aliphatic carbocycles. The normalized spacial score (nSPS) is 17.2. The molecule has 0 spiro atoms. The van der Waals surface area contributed by atoms with Crippen LogP contribution in [-0.4, -0.2) is 36.1 Å². The van der Waals surface area contributed by atoms with Crippen LogP contribution in [0.1, 0.15) is 24.0 Å². The zero-order chi connectivity index (χ0) is 15.9. The molecule has 0 bridgehead atoms. The number of hydrogen-bond acceptors (Lipinski definition) is 4. The number of likely N-dealkylation sites (N-methyl/N-ethyl adjacent to an activating group) is 1. The lowest BCUT2D eigenvalue weighted by atomic mass is 10.1. The first-order chi connectivity index (χ1) is 11.3. The molecule has 138 valence electrons. The number of ether oxygens (including phenoxy) is 1. The van der Waals surface area contributed by atoms with Crippen LogP contribution in [0, 0.1) is 0 Å². The Kier molecular flexibility index (Phi) is 9.83. The Labute approximate surface area is 162 Å². The maximum absolute atomic E-state index is 5.81. The monoisotopic (exact) mass is 383 g/mol. The van der Waals surface area contributed by atoms with Gasteiger partial charge in [0.25, 0.3) is 0 Å². The average Bonchev–Trinajstić information content (AvgIpc) is 2.62. The van der Waals surface area contributed by atoms with Gasteiger partial charge in [-0.1, -0.05) is 18.2 Å². The van der Waals surface area contributed by atoms with Crippen LogP contribution in [0.2, 0.25) is 0 Å². The molecule has 0 amide bonds. The number of piperidine rings is 1. The summed E-state index contributed by atoms with van der Waals surface area (Å²) in [6.07, 6.45) is 6.17. The van der Waals surface area contributed by atoms with E-state index >= 15 is 0 Å². The maximum Gasteiger partial charge on any atom is 0.119 e. The van der Waals surface area contributed by atoms with E-state index in [4.69, 9.17) is 4.74 Å². The van der Waals surface area contributed by atoms with Crippen LogP contribution in [0.25, 0.3) is 0 Å². The zero-order valence-electron chi connectivity index (χ0n) is 14.6. The third-order valence-corrected chi connectivity index (χ3v) is 4.37. The highest BCUT2D eigenvalue weighted by atomic mass is 35.5. The van der Waals surface area contributed by atoms with Gasteiger partial charge in [-0.25, -0.2) is 0 Å². The van der Waals surface area contributed by atoms with Crippen molar-refractivity contribution in [2.45, 2.75) is 32.0 Å². The molecular formula is C19H27Cl2N3O. The van der Waals surface area contributed by atoms with Gasteiger partial charge in [-0.3, -0.25) is 9.88 Å². The first-order valence-corrected chi connectivity index (χ1v) is 8.34. The molecule has 6 heteroatoms. The van der Waals surface area contributed by atoms with Crippen molar-refractivity contribution in [2.24, 2.45) is 0 Å². The van der Waals surface area contributed by atoms with E-state index in [1.165, 1.54) is 24.9 Å². The van der Waals surface area contributed by atoms with Crippen LogP contribution in [0.5, 0.6) is 5.75 Å². The number of likely N-dealkylation sites (tertiary alicyclic amines) is 1. The van der Waals surface area contributed by atoms with E-state index < -0.39 is 0 Å². The van der Waals surface area contributed by atoms with Gasteiger partial charge in [-0.15, -0.1) is 24.8 Å². The summed E-state index contributed by atoms with van der Waals surface area (Å²) in [7, 11) is 2.06. The van der Waals surface area contributed by atoms with Gasteiger partial charge in [0.05, 0.1) is 0 Å². The predicted molar refractivity (Wildman–Crippen MR) is 107 cm³/mol. The molecule has 2 heterocycles. The number of halogens is 2. The molecule has 1 N–H and O–H groups in total. The summed E-state index contributed by atoms with van der Waals surface area (Å²) in [5.41, 5.74) is 2.43. The van der Waals surface area contributed by atoms with Gasteiger partial charge in [0.2, 0.25) is 0 Å². The summed E-state index contributed by atoms with van der Waals surface area (Å²) in [5.74, 6) is 0.907. The number of aromatic nitrogens is 1. The Morgan fingerprint density at radius 3 is 2.64 bits per heavy atom. The number of rotatable bonds is 6. The van der Waals surface area contributed by atoms with Crippen LogP contribution in [0.4, 0.5) is 0 Å². The van der Waals surface area contributed by atoms with E-state index in [9.17, 15) is 0 Å². The SMILES string of the molecule is CNC1CCCN(Cc2ccc(OCc3cccnc3)cc2)C1.Cl.Cl. The fourth-order valence-corrected chi connectivity index (χ4v) is 3.03. The van der Waals surface area contributed by atoms with Crippen molar-refractivity contribution in [2.75, 3.05) is 20.1 Å². The van der Waals surface area contributed by atoms with Gasteiger partial charge < -0.3 is 10.1 Å². The third kappa shape index (κ3) is 6.83. The number of pyridine rings is 1. The van der Waals surface area contributed by atoms with E-state index in [0.29, 0.717) is 12.6 Å². The number of nitrogens with one attached hydrogen (secondary N) is 1. The second-order valence-electron chi connectivity index (χ2n) is 6.16. The van der Waals surface area contributed by atoms with Crippen molar-refractivity contribution in [1.29, 1.82) is 0 Å². The quantitative estimate of drug-likeness (QED) is 0.825. The Morgan fingerprint density at radius 2 is 1.96 bits per heavy atom. The van der Waals surface area contributed by atoms with Crippen LogP contribution >= 0.6 is 24.8 Å². The summed E-state index contributed by atoms with van der Waals surface area (Å²) in [6.45, 7) is 3.90. The van der Waals surface area contributed by atoms with Gasteiger partial charge in [0.1, 0.15) is 12.4 Å². The minimum absolute atomic E-state index is 0. The Bertz CT molecular complexity index is 595. The van der Waals surface area contributed by atoms with E-state index in [1.807, 2.05) is 18.3 Å². The standard InChI is InChI=1S/C19H25N3O.2ClH/c1-20-18-5-3-11-22(14-18)13-16-6-8-19(9-7-16)23-15-17-4-2-10-21-12-17;;/h2,4,6-10,12,18,20H,3,5,11,13-15H2,1H3;2*1H. The minimum Gasteiger partial charge on any atom is -0.489 e. The van der Waals surface area contributed by atoms with Crippen LogP contribution in [-0.2, 0) is 13.2 Å². The first kappa shape index (κ1) is 21.7. The molecular weight excluding hydrogens is 357 g/mol. The van der Waals surface area contributed by atoms with E-state index in [-0.39, 0.29) is 24.8 Å². The van der Waals surface area contributed by atoms with Crippen LogP contribution in [0.15, 0.2) is 48.8 Å². The lowest BCUT2D eigenvalue weighted by Crippen LogP contribution is -2.43. The van der Waals surface area contributed by atoms with Crippen molar-refractivity contribution < 1.29 is 4.74 Å². The summed E-state index contributed by atoms with van der Waals surface area (Å²) in [5, 5.41) is 3.39. The lowest BCUT2D eigenvalue weighted by molar-refractivity contribution is 0.188. The summed E-state index contributed by atoms with van der Waals surface area (Å²) in [6, 6.07) is 13.0. The molecule has 25 heavy (non-hydrogen) atoms. The van der Waals surface area contributed by atoms with Crippen molar-refractivity contribution in [3.8, 4) is 5.75 Å². The minimum atomic E-state index is 0. The average molecular weight is 384 g/mol. The van der Waals surface area contributed by atoms with Gasteiger partial charge in [-0.2, -0.15) is 0 Å². The highest BCUT2D eigenvalue weighted by Gasteiger charge is 2.18. The second kappa shape index (κ2) is 11.3. The van der Waals surface area contributed by atoms with E-state index in [0.717, 1.165) is 24.4 Å². The van der Waals surface area contributed by atoms with Gasteiger partial charge in [0.15, 0.2) is 0 Å². The van der Waals surface area contributed by atoms with Gasteiger partial charge in [0, 0.05) is 37.1 Å². The topological polar surface area (TPSA) is 37.4 Å². The lowest BCUT2D eigenvalue weighted by Gasteiger charge is -2.32. The Balaban J connectivity index is 0.00000156. The molecule has 1 fully saturated rings. The van der Waals surface area contributed by atoms with Gasteiger partial charge >= 0.3 is 0 Å². The summed E-state index contributed by atoms with van der Waals surface area (Å²) >= 11 is 0. The first-order valence-electron chi connectivity index (χ1n) is 8.34. The van der Waals surface area contributed by atoms with E-state index in [2.05, 4.69) is 46.5 Å². The van der Waals surface area contributed by atoms with Crippen molar-refractivity contribution >= 4 is 24.8 Å². The summed E-state index contributed by atoms with van der Waals surface area (Å²) < 4.78 is 5.81. The largest absolute Gasteiger partial charge is 0.489 e. The maximum atomic E-state index is 5.81. The fraction of sp³-hybridized carbons (Fsp3) is 0.421. The van der Waals surface area contributed by atoms with Crippen LogP contribution in [0.3, 0.4) is 0 Å². The smallest absolute Gasteiger partial charge is 0.119 e. The summed E-state index contributed by atoms with van der Waals surface area (Å²) in [4.78, 5) is 6.62. The molecule has 1 saturated heterocycles. The van der Waals surface area contributed by atoms with Crippen molar-refractivity contribution in [3.05, 3.63) is 59.9 Å². The molecule has 2 aromatic rings. The molecule has 0 radical (unpaired) electrons. The molecule has 4 nitrogen and oxygen atoms in total. The Hall–Kier alpha value is -1.33. The Morgan fingerprint density at radius 1 is 1.16 bits per heavy atom. The molecule has 1 aromatic heterocycles. The number of hydrogen-bond donors (Lipinski definition) is 1. The number of benzene rings is 1. The molecule has 0 saturated carbocycles. The predicted octanol–water partition coefficient (Wildman–Crippen LogP) is 3.69. The molecule has 1 aromatic carbocycles.